The van der Waals surface area contributed by atoms with E-state index in [0.29, 0.717) is 18.1 Å². The number of hydrogen-bond donors (Lipinski definition) is 0. The third-order valence-electron chi connectivity index (χ3n) is 5.15. The quantitative estimate of drug-likeness (QED) is 0.480. The molecule has 0 aliphatic carbocycles. The lowest BCUT2D eigenvalue weighted by Gasteiger charge is -2.19. The van der Waals surface area contributed by atoms with Crippen molar-refractivity contribution in [2.24, 2.45) is 0 Å². The lowest BCUT2D eigenvalue weighted by Crippen LogP contribution is -2.06. The molecule has 0 N–H and O–H groups in total. The van der Waals surface area contributed by atoms with E-state index in [1.165, 1.54) is 5.56 Å². The molecule has 0 aliphatic heterocycles. The van der Waals surface area contributed by atoms with Gasteiger partial charge in [-0.2, -0.15) is 5.10 Å². The Hall–Kier alpha value is -2.88. The minimum absolute atomic E-state index is 0.281. The number of ether oxygens (including phenoxy) is 1. The highest BCUT2D eigenvalue weighted by Gasteiger charge is 2.16. The number of aryl methyl sites for hydroxylation is 1. The fraction of sp³-hybridized carbons (Fsp3) is 0.333. The van der Waals surface area contributed by atoms with Gasteiger partial charge in [0.2, 0.25) is 0 Å². The zero-order chi connectivity index (χ0) is 20.1. The van der Waals surface area contributed by atoms with Crippen molar-refractivity contribution in [2.75, 3.05) is 6.61 Å². The smallest absolute Gasteiger partial charge is 0.338 e. The van der Waals surface area contributed by atoms with Gasteiger partial charge in [-0.05, 0) is 79.6 Å². The lowest BCUT2D eigenvalue weighted by atomic mass is 9.89. The number of esters is 1. The van der Waals surface area contributed by atoms with Crippen molar-refractivity contribution in [3.63, 3.8) is 0 Å². The van der Waals surface area contributed by atoms with E-state index in [4.69, 9.17) is 4.74 Å². The van der Waals surface area contributed by atoms with Crippen LogP contribution in [0.3, 0.4) is 0 Å². The molecule has 28 heavy (non-hydrogen) atoms. The number of carbonyl (C=O) groups excluding carboxylic acids is 1. The fourth-order valence-electron chi connectivity index (χ4n) is 3.56. The van der Waals surface area contributed by atoms with Crippen LogP contribution in [0, 0.1) is 6.92 Å². The zero-order valence-corrected chi connectivity index (χ0v) is 17.1. The summed E-state index contributed by atoms with van der Waals surface area (Å²) in [5.74, 6) is 0.189. The number of aromatic nitrogens is 2. The molecule has 3 rings (SSSR count). The van der Waals surface area contributed by atoms with Crippen molar-refractivity contribution < 1.29 is 9.53 Å². The normalized spacial score (nSPS) is 11.0. The van der Waals surface area contributed by atoms with E-state index >= 15 is 0 Å². The van der Waals surface area contributed by atoms with Crippen LogP contribution in [0.15, 0.2) is 54.7 Å². The molecular formula is C24H28N2O2. The molecule has 0 radical (unpaired) electrons. The van der Waals surface area contributed by atoms with Crippen LogP contribution in [0.4, 0.5) is 0 Å². The van der Waals surface area contributed by atoms with E-state index in [1.54, 1.807) is 0 Å². The summed E-state index contributed by atoms with van der Waals surface area (Å²) in [4.78, 5) is 11.9. The molecule has 0 unspecified atom stereocenters. The molecule has 0 fully saturated rings. The Morgan fingerprint density at radius 3 is 2.25 bits per heavy atom. The topological polar surface area (TPSA) is 44.1 Å². The molecule has 0 atom stereocenters. The van der Waals surface area contributed by atoms with Crippen molar-refractivity contribution in [2.45, 2.75) is 46.5 Å². The molecule has 2 aromatic carbocycles. The van der Waals surface area contributed by atoms with Crippen LogP contribution in [-0.2, 0) is 4.74 Å². The Balaban J connectivity index is 2.00. The van der Waals surface area contributed by atoms with Gasteiger partial charge in [0, 0.05) is 6.20 Å². The second-order valence-electron chi connectivity index (χ2n) is 6.99. The molecule has 4 nitrogen and oxygen atoms in total. The molecule has 0 spiro atoms. The van der Waals surface area contributed by atoms with E-state index in [-0.39, 0.29) is 5.97 Å². The van der Waals surface area contributed by atoms with Crippen molar-refractivity contribution in [1.29, 1.82) is 0 Å². The zero-order valence-electron chi connectivity index (χ0n) is 17.1. The number of nitrogens with zero attached hydrogens (tertiary/aromatic N) is 2. The van der Waals surface area contributed by atoms with Crippen LogP contribution in [0.2, 0.25) is 0 Å². The summed E-state index contributed by atoms with van der Waals surface area (Å²) >= 11 is 0. The van der Waals surface area contributed by atoms with Crippen LogP contribution >= 0.6 is 0 Å². The summed E-state index contributed by atoms with van der Waals surface area (Å²) in [6, 6.07) is 16.2. The molecule has 1 aromatic heterocycles. The van der Waals surface area contributed by atoms with Crippen molar-refractivity contribution in [3.8, 4) is 16.8 Å². The van der Waals surface area contributed by atoms with Gasteiger partial charge in [0.25, 0.3) is 0 Å². The largest absolute Gasteiger partial charge is 0.462 e. The first-order chi connectivity index (χ1) is 13.6. The summed E-state index contributed by atoms with van der Waals surface area (Å²) in [5, 5.41) is 4.61. The van der Waals surface area contributed by atoms with Gasteiger partial charge < -0.3 is 4.74 Å². The molecule has 0 saturated carbocycles. The van der Waals surface area contributed by atoms with Gasteiger partial charge in [-0.15, -0.1) is 0 Å². The second kappa shape index (κ2) is 8.87. The molecule has 3 aromatic rings. The maximum absolute atomic E-state index is 11.9. The maximum Gasteiger partial charge on any atom is 0.338 e. The SMILES string of the molecule is CCOC(=O)c1ccc(-c2ccc(-n3ccc(C)n3)c(C(CC)CC)c2)cc1. The number of benzene rings is 2. The standard InChI is InChI=1S/C24H28N2O2/c1-5-18(6-2)22-16-21(12-13-23(22)26-15-14-17(4)25-26)19-8-10-20(11-9-19)24(27)28-7-3/h8-16,18H,5-7H2,1-4H3. The van der Waals surface area contributed by atoms with Crippen LogP contribution in [0.1, 0.15) is 61.1 Å². The van der Waals surface area contributed by atoms with Crippen LogP contribution < -0.4 is 0 Å². The Kier molecular flexibility index (Phi) is 6.30. The summed E-state index contributed by atoms with van der Waals surface area (Å²) in [7, 11) is 0. The van der Waals surface area contributed by atoms with E-state index in [2.05, 4.69) is 37.1 Å². The average Bonchev–Trinajstić information content (AvgIpc) is 3.15. The Morgan fingerprint density at radius 1 is 1.00 bits per heavy atom. The maximum atomic E-state index is 11.9. The fourth-order valence-corrected chi connectivity index (χ4v) is 3.56. The highest BCUT2D eigenvalue weighted by molar-refractivity contribution is 5.90. The van der Waals surface area contributed by atoms with E-state index < -0.39 is 0 Å². The molecule has 146 valence electrons. The van der Waals surface area contributed by atoms with E-state index in [0.717, 1.165) is 35.3 Å². The van der Waals surface area contributed by atoms with Gasteiger partial charge in [0.05, 0.1) is 23.6 Å². The highest BCUT2D eigenvalue weighted by Crippen LogP contribution is 2.33. The molecule has 4 heteroatoms. The Bertz CT molecular complexity index is 937. The van der Waals surface area contributed by atoms with Crippen LogP contribution in [0.25, 0.3) is 16.8 Å². The molecule has 1 heterocycles. The first-order valence-electron chi connectivity index (χ1n) is 10.0. The minimum atomic E-state index is -0.281. The monoisotopic (exact) mass is 376 g/mol. The van der Waals surface area contributed by atoms with E-state index in [9.17, 15) is 4.79 Å². The third kappa shape index (κ3) is 4.16. The molecule has 0 bridgehead atoms. The lowest BCUT2D eigenvalue weighted by molar-refractivity contribution is 0.0526. The molecular weight excluding hydrogens is 348 g/mol. The number of hydrogen-bond acceptors (Lipinski definition) is 3. The number of rotatable bonds is 7. The first kappa shape index (κ1) is 19.9. The first-order valence-corrected chi connectivity index (χ1v) is 10.0. The van der Waals surface area contributed by atoms with Gasteiger partial charge in [-0.3, -0.25) is 0 Å². The summed E-state index contributed by atoms with van der Waals surface area (Å²) in [6.07, 6.45) is 4.17. The Morgan fingerprint density at radius 2 is 1.68 bits per heavy atom. The molecule has 0 aliphatic rings. The Labute approximate surface area is 167 Å². The third-order valence-corrected chi connectivity index (χ3v) is 5.15. The molecule has 0 saturated heterocycles. The average molecular weight is 377 g/mol. The van der Waals surface area contributed by atoms with Crippen molar-refractivity contribution in [3.05, 3.63) is 71.5 Å². The van der Waals surface area contributed by atoms with Gasteiger partial charge in [0.15, 0.2) is 0 Å². The highest BCUT2D eigenvalue weighted by atomic mass is 16.5. The van der Waals surface area contributed by atoms with E-state index in [1.807, 2.05) is 55.1 Å². The van der Waals surface area contributed by atoms with Crippen molar-refractivity contribution in [1.82, 2.24) is 9.78 Å². The number of carbonyl (C=O) groups is 1. The van der Waals surface area contributed by atoms with Gasteiger partial charge in [-0.1, -0.05) is 32.0 Å². The minimum Gasteiger partial charge on any atom is -0.462 e. The van der Waals surface area contributed by atoms with Gasteiger partial charge >= 0.3 is 5.97 Å². The van der Waals surface area contributed by atoms with Gasteiger partial charge in [0.1, 0.15) is 0 Å². The predicted octanol–water partition coefficient (Wildman–Crippen LogP) is 5.93. The molecule has 0 amide bonds. The summed E-state index contributed by atoms with van der Waals surface area (Å²) in [6.45, 7) is 8.66. The van der Waals surface area contributed by atoms with Crippen molar-refractivity contribution >= 4 is 5.97 Å². The summed E-state index contributed by atoms with van der Waals surface area (Å²) in [5.41, 5.74) is 6.26. The van der Waals surface area contributed by atoms with Crippen LogP contribution in [0.5, 0.6) is 0 Å². The predicted molar refractivity (Wildman–Crippen MR) is 113 cm³/mol. The van der Waals surface area contributed by atoms with Gasteiger partial charge in [-0.25, -0.2) is 9.48 Å². The van der Waals surface area contributed by atoms with Crippen LogP contribution in [-0.4, -0.2) is 22.4 Å². The second-order valence-corrected chi connectivity index (χ2v) is 6.99. The summed E-state index contributed by atoms with van der Waals surface area (Å²) < 4.78 is 7.04.